The quantitative estimate of drug-likeness (QED) is 0.847. The Bertz CT molecular complexity index is 673. The number of anilines is 3. The van der Waals surface area contributed by atoms with Gasteiger partial charge in [-0.1, -0.05) is 17.7 Å². The van der Waals surface area contributed by atoms with E-state index in [2.05, 4.69) is 29.4 Å². The number of nitrogens with two attached hydrogens (primary N) is 1. The fourth-order valence-corrected chi connectivity index (χ4v) is 2.33. The molecule has 1 aromatic carbocycles. The van der Waals surface area contributed by atoms with Crippen LogP contribution in [0.3, 0.4) is 0 Å². The number of methoxy groups -OCH3 is 1. The number of ether oxygens (including phenoxy) is 1. The van der Waals surface area contributed by atoms with Gasteiger partial charge in [-0.2, -0.15) is 0 Å². The zero-order chi connectivity index (χ0) is 15.6. The van der Waals surface area contributed by atoms with E-state index in [-0.39, 0.29) is 0 Å². The summed E-state index contributed by atoms with van der Waals surface area (Å²) < 4.78 is 4.71. The number of carbonyl (C=O) groups is 1. The molecular formula is C16H19N3O2. The van der Waals surface area contributed by atoms with Crippen molar-refractivity contribution in [2.45, 2.75) is 20.8 Å². The molecular weight excluding hydrogens is 266 g/mol. The van der Waals surface area contributed by atoms with Crippen LogP contribution in [0.2, 0.25) is 0 Å². The highest BCUT2D eigenvalue weighted by molar-refractivity contribution is 5.95. The standard InChI is InChI=1S/C16H19N3O2/c1-9-5-10(2)15(11(3)6-9)19-14-7-12(16(20)21-4)13(17)8-18-14/h5-8H,17H2,1-4H3,(H,18,19). The number of hydrogen-bond donors (Lipinski definition) is 2. The highest BCUT2D eigenvalue weighted by atomic mass is 16.5. The molecule has 0 aliphatic heterocycles. The van der Waals surface area contributed by atoms with Gasteiger partial charge >= 0.3 is 5.97 Å². The molecule has 3 N–H and O–H groups in total. The first-order chi connectivity index (χ1) is 9.92. The molecule has 0 bridgehead atoms. The monoisotopic (exact) mass is 285 g/mol. The molecule has 0 aliphatic carbocycles. The van der Waals surface area contributed by atoms with Crippen molar-refractivity contribution in [3.8, 4) is 0 Å². The molecule has 5 nitrogen and oxygen atoms in total. The van der Waals surface area contributed by atoms with Crippen LogP contribution in [0.15, 0.2) is 24.4 Å². The van der Waals surface area contributed by atoms with Crippen LogP contribution < -0.4 is 11.1 Å². The Labute approximate surface area is 124 Å². The Kier molecular flexibility index (Phi) is 4.12. The molecule has 0 unspecified atom stereocenters. The largest absolute Gasteiger partial charge is 0.465 e. The molecule has 2 rings (SSSR count). The first-order valence-corrected chi connectivity index (χ1v) is 6.61. The van der Waals surface area contributed by atoms with Crippen LogP contribution in [0, 0.1) is 20.8 Å². The van der Waals surface area contributed by atoms with Crippen molar-refractivity contribution in [2.75, 3.05) is 18.2 Å². The summed E-state index contributed by atoms with van der Waals surface area (Å²) in [4.78, 5) is 15.9. The Morgan fingerprint density at radius 3 is 2.38 bits per heavy atom. The lowest BCUT2D eigenvalue weighted by Gasteiger charge is -2.14. The average molecular weight is 285 g/mol. The fraction of sp³-hybridized carbons (Fsp3) is 0.250. The van der Waals surface area contributed by atoms with Crippen LogP contribution in [-0.4, -0.2) is 18.1 Å². The average Bonchev–Trinajstić information content (AvgIpc) is 2.43. The minimum absolute atomic E-state index is 0.296. The molecule has 110 valence electrons. The summed E-state index contributed by atoms with van der Waals surface area (Å²) in [5, 5.41) is 3.24. The van der Waals surface area contributed by atoms with Gasteiger partial charge in [0.05, 0.1) is 24.6 Å². The third-order valence-corrected chi connectivity index (χ3v) is 3.27. The first kappa shape index (κ1) is 14.8. The lowest BCUT2D eigenvalue weighted by molar-refractivity contribution is 0.0602. The van der Waals surface area contributed by atoms with Crippen molar-refractivity contribution in [3.05, 3.63) is 46.6 Å². The number of pyridine rings is 1. The lowest BCUT2D eigenvalue weighted by Crippen LogP contribution is -2.08. The second kappa shape index (κ2) is 5.83. The molecule has 0 aliphatic rings. The number of esters is 1. The highest BCUT2D eigenvalue weighted by Crippen LogP contribution is 2.26. The van der Waals surface area contributed by atoms with Gasteiger partial charge in [-0.25, -0.2) is 9.78 Å². The number of benzene rings is 1. The maximum Gasteiger partial charge on any atom is 0.340 e. The smallest absolute Gasteiger partial charge is 0.340 e. The molecule has 0 saturated heterocycles. The zero-order valence-corrected chi connectivity index (χ0v) is 12.7. The van der Waals surface area contributed by atoms with Gasteiger partial charge in [-0.05, 0) is 38.0 Å². The number of nitrogens with one attached hydrogen (secondary N) is 1. The van der Waals surface area contributed by atoms with Crippen LogP contribution in [0.4, 0.5) is 17.2 Å². The van der Waals surface area contributed by atoms with E-state index >= 15 is 0 Å². The van der Waals surface area contributed by atoms with Gasteiger partial charge in [0.2, 0.25) is 0 Å². The van der Waals surface area contributed by atoms with Gasteiger partial charge in [0.25, 0.3) is 0 Å². The van der Waals surface area contributed by atoms with Gasteiger partial charge in [0.1, 0.15) is 5.82 Å². The summed E-state index contributed by atoms with van der Waals surface area (Å²) in [5.74, 6) is 0.0787. The van der Waals surface area contributed by atoms with Crippen molar-refractivity contribution in [2.24, 2.45) is 0 Å². The van der Waals surface area contributed by atoms with E-state index in [1.165, 1.54) is 18.9 Å². The zero-order valence-electron chi connectivity index (χ0n) is 12.7. The molecule has 2 aromatic rings. The van der Waals surface area contributed by atoms with E-state index in [9.17, 15) is 4.79 Å². The van der Waals surface area contributed by atoms with Gasteiger partial charge < -0.3 is 15.8 Å². The second-order valence-electron chi connectivity index (χ2n) is 5.05. The molecule has 5 heteroatoms. The van der Waals surface area contributed by atoms with Gasteiger partial charge in [0, 0.05) is 5.69 Å². The number of aryl methyl sites for hydroxylation is 3. The number of aromatic nitrogens is 1. The van der Waals surface area contributed by atoms with Crippen LogP contribution in [0.25, 0.3) is 0 Å². The first-order valence-electron chi connectivity index (χ1n) is 6.61. The van der Waals surface area contributed by atoms with Crippen LogP contribution in [-0.2, 0) is 4.74 Å². The Morgan fingerprint density at radius 2 is 1.81 bits per heavy atom. The SMILES string of the molecule is COC(=O)c1cc(Nc2c(C)cc(C)cc2C)ncc1N. The Balaban J connectivity index is 2.39. The summed E-state index contributed by atoms with van der Waals surface area (Å²) in [5.41, 5.74) is 10.8. The van der Waals surface area contributed by atoms with Gasteiger partial charge in [-0.15, -0.1) is 0 Å². The molecule has 1 aromatic heterocycles. The van der Waals surface area contributed by atoms with Gasteiger partial charge in [0.15, 0.2) is 0 Å². The third-order valence-electron chi connectivity index (χ3n) is 3.27. The van der Waals surface area contributed by atoms with Crippen LogP contribution >= 0.6 is 0 Å². The van der Waals surface area contributed by atoms with Crippen LogP contribution in [0.1, 0.15) is 27.0 Å². The van der Waals surface area contributed by atoms with E-state index in [0.717, 1.165) is 16.8 Å². The number of carbonyl (C=O) groups excluding carboxylic acids is 1. The molecule has 0 radical (unpaired) electrons. The maximum atomic E-state index is 11.7. The topological polar surface area (TPSA) is 77.2 Å². The second-order valence-corrected chi connectivity index (χ2v) is 5.05. The fourth-order valence-electron chi connectivity index (χ4n) is 2.33. The molecule has 0 spiro atoms. The van der Waals surface area contributed by atoms with E-state index < -0.39 is 5.97 Å². The lowest BCUT2D eigenvalue weighted by atomic mass is 10.1. The number of hydrogen-bond acceptors (Lipinski definition) is 5. The van der Waals surface area contributed by atoms with Crippen molar-refractivity contribution in [1.82, 2.24) is 4.98 Å². The maximum absolute atomic E-state index is 11.7. The highest BCUT2D eigenvalue weighted by Gasteiger charge is 2.12. The van der Waals surface area contributed by atoms with E-state index in [1.807, 2.05) is 13.8 Å². The van der Waals surface area contributed by atoms with E-state index in [0.29, 0.717) is 17.1 Å². The van der Waals surface area contributed by atoms with Crippen molar-refractivity contribution in [1.29, 1.82) is 0 Å². The summed E-state index contributed by atoms with van der Waals surface area (Å²) in [7, 11) is 1.32. The number of rotatable bonds is 3. The molecule has 0 saturated carbocycles. The van der Waals surface area contributed by atoms with Crippen LogP contribution in [0.5, 0.6) is 0 Å². The summed E-state index contributed by atoms with van der Waals surface area (Å²) >= 11 is 0. The van der Waals surface area contributed by atoms with Crippen molar-refractivity contribution in [3.63, 3.8) is 0 Å². The number of nitrogen functional groups attached to an aromatic ring is 1. The Hall–Kier alpha value is -2.56. The Morgan fingerprint density at radius 1 is 1.19 bits per heavy atom. The summed E-state index contributed by atoms with van der Waals surface area (Å²) in [6.07, 6.45) is 1.45. The summed E-state index contributed by atoms with van der Waals surface area (Å²) in [6, 6.07) is 5.78. The minimum Gasteiger partial charge on any atom is -0.465 e. The van der Waals surface area contributed by atoms with Crippen molar-refractivity contribution >= 4 is 23.2 Å². The van der Waals surface area contributed by atoms with E-state index in [4.69, 9.17) is 10.5 Å². The number of nitrogens with zero attached hydrogens (tertiary/aromatic N) is 1. The minimum atomic E-state index is -0.477. The molecule has 0 atom stereocenters. The molecule has 1 heterocycles. The normalized spacial score (nSPS) is 10.3. The van der Waals surface area contributed by atoms with Crippen molar-refractivity contribution < 1.29 is 9.53 Å². The predicted octanol–water partition coefficient (Wildman–Crippen LogP) is 3.12. The van der Waals surface area contributed by atoms with Gasteiger partial charge in [-0.3, -0.25) is 0 Å². The molecule has 0 amide bonds. The summed E-state index contributed by atoms with van der Waals surface area (Å²) in [6.45, 7) is 6.11. The molecule has 21 heavy (non-hydrogen) atoms. The third kappa shape index (κ3) is 3.13. The predicted molar refractivity (Wildman–Crippen MR) is 83.9 cm³/mol. The molecule has 0 fully saturated rings. The van der Waals surface area contributed by atoms with E-state index in [1.54, 1.807) is 6.07 Å².